The van der Waals surface area contributed by atoms with Crippen LogP contribution in [0.1, 0.15) is 51.7 Å². The molecule has 4 aromatic rings. The number of carboxylic acid groups (broad SMARTS) is 1. The van der Waals surface area contributed by atoms with Crippen molar-refractivity contribution in [2.45, 2.75) is 33.7 Å². The number of hydrogen-bond acceptors (Lipinski definition) is 6. The zero-order valence-electron chi connectivity index (χ0n) is 22.4. The predicted molar refractivity (Wildman–Crippen MR) is 154 cm³/mol. The summed E-state index contributed by atoms with van der Waals surface area (Å²) in [5.74, 6) is -0.698. The number of anilines is 1. The van der Waals surface area contributed by atoms with Gasteiger partial charge < -0.3 is 10.0 Å². The van der Waals surface area contributed by atoms with E-state index in [4.69, 9.17) is 4.99 Å². The number of likely N-dealkylation sites (N-methyl/N-ethyl adjacent to an activating group) is 1. The molecule has 8 nitrogen and oxygen atoms in total. The van der Waals surface area contributed by atoms with Gasteiger partial charge in [-0.2, -0.15) is 0 Å². The van der Waals surface area contributed by atoms with Crippen LogP contribution in [-0.2, 0) is 9.59 Å². The molecule has 0 saturated heterocycles. The number of aliphatic carboxylic acids is 1. The summed E-state index contributed by atoms with van der Waals surface area (Å²) < 4.78 is 1.94. The Morgan fingerprint density at radius 1 is 1.05 bits per heavy atom. The van der Waals surface area contributed by atoms with Crippen LogP contribution in [0.2, 0.25) is 0 Å². The van der Waals surface area contributed by atoms with Crippen LogP contribution in [0.3, 0.4) is 0 Å². The van der Waals surface area contributed by atoms with Gasteiger partial charge in [0.1, 0.15) is 16.9 Å². The standard InChI is InChI=1S/C30H29N5O3S/c1-17-19(3)39-29-25(17)27(31-26(18(2)30(37)38)28-33-32-20(4)35(28)29)22-12-14-23(15-13-22)34(5)24(36)16-11-21-9-7-6-8-10-21/h6-16,18,26H,1-5H3,(H,37,38)/t18?,26-/m0/s1. The van der Waals surface area contributed by atoms with Gasteiger partial charge in [0.25, 0.3) is 5.91 Å². The van der Waals surface area contributed by atoms with E-state index in [1.807, 2.05) is 66.1 Å². The highest BCUT2D eigenvalue weighted by Gasteiger charge is 2.36. The maximum absolute atomic E-state index is 12.8. The second-order valence-electron chi connectivity index (χ2n) is 9.64. The number of nitrogens with zero attached hydrogens (tertiary/aromatic N) is 5. The van der Waals surface area contributed by atoms with Crippen molar-refractivity contribution >= 4 is 40.7 Å². The van der Waals surface area contributed by atoms with Crippen LogP contribution in [0.4, 0.5) is 5.69 Å². The Kier molecular flexibility index (Phi) is 7.01. The quantitative estimate of drug-likeness (QED) is 0.324. The van der Waals surface area contributed by atoms with Crippen molar-refractivity contribution in [2.24, 2.45) is 10.9 Å². The molecule has 1 N–H and O–H groups in total. The Bertz CT molecular complexity index is 1620. The second-order valence-corrected chi connectivity index (χ2v) is 10.8. The molecule has 9 heteroatoms. The van der Waals surface area contributed by atoms with Crippen LogP contribution >= 0.6 is 11.3 Å². The first kappa shape index (κ1) is 26.2. The first-order chi connectivity index (χ1) is 18.7. The zero-order valence-corrected chi connectivity index (χ0v) is 23.2. The van der Waals surface area contributed by atoms with E-state index in [0.29, 0.717) is 17.4 Å². The van der Waals surface area contributed by atoms with E-state index in [1.54, 1.807) is 42.4 Å². The Morgan fingerprint density at radius 3 is 2.41 bits per heavy atom. The SMILES string of the molecule is Cc1sc2c(c1C)C(c1ccc(N(C)C(=O)C=Cc3ccccc3)cc1)=N[C@@H](C(C)C(=O)O)c1nnc(C)n1-2. The van der Waals surface area contributed by atoms with Crippen LogP contribution in [0.25, 0.3) is 11.1 Å². The normalized spacial score (nSPS) is 15.3. The van der Waals surface area contributed by atoms with Crippen LogP contribution in [0, 0.1) is 26.7 Å². The summed E-state index contributed by atoms with van der Waals surface area (Å²) in [6.07, 6.45) is 3.35. The Balaban J connectivity index is 1.54. The predicted octanol–water partition coefficient (Wildman–Crippen LogP) is 5.54. The summed E-state index contributed by atoms with van der Waals surface area (Å²) in [6.45, 7) is 7.63. The molecule has 3 heterocycles. The number of benzene rings is 2. The minimum absolute atomic E-state index is 0.145. The topological polar surface area (TPSA) is 101 Å². The molecule has 1 amide bonds. The second kappa shape index (κ2) is 10.4. The van der Waals surface area contributed by atoms with Crippen molar-refractivity contribution in [2.75, 3.05) is 11.9 Å². The Labute approximate surface area is 231 Å². The largest absolute Gasteiger partial charge is 0.481 e. The first-order valence-corrected chi connectivity index (χ1v) is 13.4. The third-order valence-corrected chi connectivity index (χ3v) is 8.32. The molecule has 0 fully saturated rings. The van der Waals surface area contributed by atoms with Gasteiger partial charge in [0.2, 0.25) is 0 Å². The minimum atomic E-state index is -0.951. The number of hydrogen-bond donors (Lipinski definition) is 1. The minimum Gasteiger partial charge on any atom is -0.481 e. The van der Waals surface area contributed by atoms with Gasteiger partial charge in [-0.25, -0.2) is 0 Å². The van der Waals surface area contributed by atoms with Gasteiger partial charge in [-0.15, -0.1) is 21.5 Å². The lowest BCUT2D eigenvalue weighted by Crippen LogP contribution is -2.24. The van der Waals surface area contributed by atoms with E-state index in [1.165, 1.54) is 0 Å². The molecule has 0 saturated carbocycles. The highest BCUT2D eigenvalue weighted by atomic mass is 32.1. The maximum atomic E-state index is 12.8. The van der Waals surface area contributed by atoms with E-state index in [0.717, 1.165) is 37.8 Å². The fraction of sp³-hybridized carbons (Fsp3) is 0.233. The summed E-state index contributed by atoms with van der Waals surface area (Å²) in [5.41, 5.74) is 5.26. The smallest absolute Gasteiger partial charge is 0.308 e. The molecule has 1 aliphatic rings. The maximum Gasteiger partial charge on any atom is 0.308 e. The van der Waals surface area contributed by atoms with E-state index in [9.17, 15) is 14.7 Å². The number of fused-ring (bicyclic) bond motifs is 3. The first-order valence-electron chi connectivity index (χ1n) is 12.6. The molecule has 0 radical (unpaired) electrons. The number of rotatable bonds is 6. The number of carbonyl (C=O) groups is 2. The monoisotopic (exact) mass is 539 g/mol. The molecule has 1 aliphatic heterocycles. The van der Waals surface area contributed by atoms with Crippen LogP contribution in [0.15, 0.2) is 65.7 Å². The van der Waals surface area contributed by atoms with Gasteiger partial charge in [-0.05, 0) is 57.0 Å². The fourth-order valence-corrected chi connectivity index (χ4v) is 5.84. The van der Waals surface area contributed by atoms with E-state index >= 15 is 0 Å². The lowest BCUT2D eigenvalue weighted by atomic mass is 9.98. The van der Waals surface area contributed by atoms with Crippen molar-refractivity contribution in [3.05, 3.63) is 99.5 Å². The fourth-order valence-electron chi connectivity index (χ4n) is 4.63. The van der Waals surface area contributed by atoms with Gasteiger partial charge in [0.05, 0.1) is 11.6 Å². The lowest BCUT2D eigenvalue weighted by Gasteiger charge is -2.18. The van der Waals surface area contributed by atoms with Gasteiger partial charge in [-0.3, -0.25) is 19.1 Å². The van der Waals surface area contributed by atoms with Gasteiger partial charge in [-0.1, -0.05) is 42.5 Å². The van der Waals surface area contributed by atoms with Crippen LogP contribution in [-0.4, -0.2) is 44.5 Å². The molecular formula is C30H29N5O3S. The summed E-state index contributed by atoms with van der Waals surface area (Å²) >= 11 is 1.62. The molecule has 0 aliphatic carbocycles. The number of aryl methyl sites for hydroxylation is 2. The molecule has 2 aromatic carbocycles. The number of carboxylic acids is 1. The van der Waals surface area contributed by atoms with E-state index in [-0.39, 0.29) is 5.91 Å². The summed E-state index contributed by atoms with van der Waals surface area (Å²) in [6, 6.07) is 16.6. The molecule has 5 rings (SSSR count). The average Bonchev–Trinajstić information content (AvgIpc) is 3.41. The Hall–Kier alpha value is -4.37. The Morgan fingerprint density at radius 2 is 1.74 bits per heavy atom. The highest BCUT2D eigenvalue weighted by Crippen LogP contribution is 2.40. The van der Waals surface area contributed by atoms with Gasteiger partial charge >= 0.3 is 5.97 Å². The molecule has 2 atom stereocenters. The molecule has 1 unspecified atom stereocenters. The van der Waals surface area contributed by atoms with Gasteiger partial charge in [0.15, 0.2) is 5.82 Å². The van der Waals surface area contributed by atoms with Crippen molar-refractivity contribution in [3.8, 4) is 5.00 Å². The molecule has 198 valence electrons. The number of aromatic nitrogens is 3. The van der Waals surface area contributed by atoms with Crippen LogP contribution in [0.5, 0.6) is 0 Å². The third-order valence-electron chi connectivity index (χ3n) is 7.13. The van der Waals surface area contributed by atoms with E-state index < -0.39 is 17.9 Å². The summed E-state index contributed by atoms with van der Waals surface area (Å²) in [5, 5.41) is 19.4. The molecule has 2 aromatic heterocycles. The number of thiophene rings is 1. The number of aliphatic imine (C=N–C) groups is 1. The third kappa shape index (κ3) is 4.81. The van der Waals surface area contributed by atoms with E-state index in [2.05, 4.69) is 24.0 Å². The average molecular weight is 540 g/mol. The van der Waals surface area contributed by atoms with Crippen molar-refractivity contribution in [3.63, 3.8) is 0 Å². The van der Waals surface area contributed by atoms with Crippen LogP contribution < -0.4 is 4.90 Å². The molecule has 39 heavy (non-hydrogen) atoms. The lowest BCUT2D eigenvalue weighted by molar-refractivity contribution is -0.141. The zero-order chi connectivity index (χ0) is 27.8. The van der Waals surface area contributed by atoms with Crippen molar-refractivity contribution in [1.29, 1.82) is 0 Å². The highest BCUT2D eigenvalue weighted by molar-refractivity contribution is 7.15. The number of carbonyl (C=O) groups excluding carboxylic acids is 1. The van der Waals surface area contributed by atoms with Gasteiger partial charge in [0, 0.05) is 34.8 Å². The number of amides is 1. The molecular weight excluding hydrogens is 510 g/mol. The van der Waals surface area contributed by atoms with Crippen molar-refractivity contribution in [1.82, 2.24) is 14.8 Å². The summed E-state index contributed by atoms with van der Waals surface area (Å²) in [4.78, 5) is 32.6. The summed E-state index contributed by atoms with van der Waals surface area (Å²) in [7, 11) is 1.74. The molecule has 0 bridgehead atoms. The van der Waals surface area contributed by atoms with Crippen molar-refractivity contribution < 1.29 is 14.7 Å². The molecule has 0 spiro atoms.